The molecule has 0 aromatic rings. The lowest BCUT2D eigenvalue weighted by Crippen LogP contribution is -2.62. The molecule has 0 aliphatic carbocycles. The normalized spacial score (nSPS) is 35.0. The van der Waals surface area contributed by atoms with Crippen LogP contribution in [0.2, 0.25) is 0 Å². The van der Waals surface area contributed by atoms with Gasteiger partial charge < -0.3 is 43.7 Å². The van der Waals surface area contributed by atoms with E-state index in [1.807, 2.05) is 12.2 Å². The molecule has 0 aromatic carbocycles. The zero-order valence-electron chi connectivity index (χ0n) is 33.4. The molecule has 3 N–H and O–H groups in total. The van der Waals surface area contributed by atoms with Gasteiger partial charge in [-0.1, -0.05) is 69.8 Å². The van der Waals surface area contributed by atoms with Gasteiger partial charge in [0.05, 0.1) is 56.8 Å². The van der Waals surface area contributed by atoms with Crippen molar-refractivity contribution in [2.45, 2.75) is 192 Å². The maximum absolute atomic E-state index is 13.4. The molecule has 0 aromatic heterocycles. The second-order valence-electron chi connectivity index (χ2n) is 16.5. The van der Waals surface area contributed by atoms with Crippen LogP contribution < -0.4 is 0 Å². The van der Waals surface area contributed by atoms with Crippen LogP contribution >= 0.6 is 0 Å². The van der Waals surface area contributed by atoms with E-state index >= 15 is 0 Å². The van der Waals surface area contributed by atoms with Crippen LogP contribution in [0.1, 0.15) is 137 Å². The van der Waals surface area contributed by atoms with E-state index < -0.39 is 60.1 Å². The first kappa shape index (κ1) is 44.1. The standard InChI is InChI=1S/C42H66O12/c1-7-8-9-10-11-15-37(45)53-40-29(21-38(46)49-6)20-35-25-36(26-43)52-39(47)23-30(44)22-31-13-12-14-32(50-31)24-34-19-28(27(2)3)18-33(51-34)16-17-41(4,5)42(40,48)54-35/h16-17,21,30-36,40,43-44,48H,7-15,18-20,22-26H2,1-6H3/b17-16+,29-21+/t30-,31+,32-,33+,34+,35+,36-,40+,42-/m1/s1. The zero-order chi connectivity index (χ0) is 39.5. The van der Waals surface area contributed by atoms with Crippen LogP contribution in [0.5, 0.6) is 0 Å². The molecule has 4 aliphatic rings. The third-order valence-corrected chi connectivity index (χ3v) is 11.3. The van der Waals surface area contributed by atoms with Crippen LogP contribution in [-0.4, -0.2) is 102 Å². The third-order valence-electron chi connectivity index (χ3n) is 11.3. The summed E-state index contributed by atoms with van der Waals surface area (Å²) in [5.74, 6) is -4.14. The number of aliphatic hydroxyl groups excluding tert-OH is 2. The number of carbonyl (C=O) groups is 3. The molecule has 306 valence electrons. The first-order valence-electron chi connectivity index (χ1n) is 20.2. The van der Waals surface area contributed by atoms with E-state index in [-0.39, 0.29) is 62.1 Å². The number of methoxy groups -OCH3 is 1. The van der Waals surface area contributed by atoms with Gasteiger partial charge in [-0.05, 0) is 64.4 Å². The van der Waals surface area contributed by atoms with Crippen molar-refractivity contribution in [2.75, 3.05) is 13.7 Å². The lowest BCUT2D eigenvalue weighted by molar-refractivity contribution is -0.327. The minimum Gasteiger partial charge on any atom is -0.466 e. The van der Waals surface area contributed by atoms with Crippen LogP contribution in [0.25, 0.3) is 0 Å². The second-order valence-corrected chi connectivity index (χ2v) is 16.5. The molecule has 9 atom stereocenters. The van der Waals surface area contributed by atoms with E-state index in [2.05, 4.69) is 20.8 Å². The number of fused-ring (bicyclic) bond motifs is 6. The minimum atomic E-state index is -2.22. The Balaban J connectivity index is 1.74. The van der Waals surface area contributed by atoms with Crippen molar-refractivity contribution in [1.82, 2.24) is 0 Å². The number of hydrogen-bond acceptors (Lipinski definition) is 12. The van der Waals surface area contributed by atoms with Crippen molar-refractivity contribution in [1.29, 1.82) is 0 Å². The van der Waals surface area contributed by atoms with E-state index in [1.54, 1.807) is 13.8 Å². The summed E-state index contributed by atoms with van der Waals surface area (Å²) in [5, 5.41) is 34.0. The van der Waals surface area contributed by atoms with Crippen molar-refractivity contribution >= 4 is 17.9 Å². The number of unbranched alkanes of at least 4 members (excludes halogenated alkanes) is 4. The first-order valence-corrected chi connectivity index (χ1v) is 20.2. The van der Waals surface area contributed by atoms with Gasteiger partial charge >= 0.3 is 17.9 Å². The Morgan fingerprint density at radius 2 is 1.67 bits per heavy atom. The van der Waals surface area contributed by atoms with E-state index in [0.717, 1.165) is 51.4 Å². The van der Waals surface area contributed by atoms with Gasteiger partial charge in [0, 0.05) is 37.2 Å². The smallest absolute Gasteiger partial charge is 0.330 e. The summed E-state index contributed by atoms with van der Waals surface area (Å²) in [5.41, 5.74) is 1.54. The van der Waals surface area contributed by atoms with Crippen molar-refractivity contribution in [3.05, 3.63) is 34.9 Å². The number of esters is 3. The van der Waals surface area contributed by atoms with Gasteiger partial charge in [-0.25, -0.2) is 4.79 Å². The van der Waals surface area contributed by atoms with Gasteiger partial charge in [0.25, 0.3) is 0 Å². The lowest BCUT2D eigenvalue weighted by atomic mass is 9.74. The number of rotatable bonds is 9. The molecule has 54 heavy (non-hydrogen) atoms. The van der Waals surface area contributed by atoms with Gasteiger partial charge in [0.2, 0.25) is 5.79 Å². The van der Waals surface area contributed by atoms with Gasteiger partial charge in [-0.2, -0.15) is 0 Å². The third kappa shape index (κ3) is 12.4. The fourth-order valence-electron chi connectivity index (χ4n) is 8.12. The number of aliphatic hydroxyl groups is 3. The summed E-state index contributed by atoms with van der Waals surface area (Å²) in [6.45, 7) is 9.30. The van der Waals surface area contributed by atoms with Gasteiger partial charge in [0.15, 0.2) is 6.10 Å². The van der Waals surface area contributed by atoms with Crippen molar-refractivity contribution in [3.8, 4) is 0 Å². The zero-order valence-corrected chi connectivity index (χ0v) is 33.4. The predicted octanol–water partition coefficient (Wildman–Crippen LogP) is 6.08. The Morgan fingerprint density at radius 1 is 0.944 bits per heavy atom. The number of ether oxygens (including phenoxy) is 6. The monoisotopic (exact) mass is 762 g/mol. The van der Waals surface area contributed by atoms with Gasteiger partial charge in [0.1, 0.15) is 6.10 Å². The van der Waals surface area contributed by atoms with Crippen LogP contribution in [0.4, 0.5) is 0 Å². The Morgan fingerprint density at radius 3 is 2.35 bits per heavy atom. The Kier molecular flexibility index (Phi) is 16.8. The molecule has 0 radical (unpaired) electrons. The summed E-state index contributed by atoms with van der Waals surface area (Å²) < 4.78 is 36.3. The molecule has 6 bridgehead atoms. The molecule has 4 rings (SSSR count). The van der Waals surface area contributed by atoms with Crippen molar-refractivity contribution in [2.24, 2.45) is 5.41 Å². The summed E-state index contributed by atoms with van der Waals surface area (Å²) in [6, 6.07) is 0. The van der Waals surface area contributed by atoms with Gasteiger partial charge in [-0.15, -0.1) is 0 Å². The van der Waals surface area contributed by atoms with E-state index in [0.29, 0.717) is 19.3 Å². The molecule has 0 amide bonds. The lowest BCUT2D eigenvalue weighted by Gasteiger charge is -2.51. The highest BCUT2D eigenvalue weighted by molar-refractivity contribution is 5.83. The summed E-state index contributed by atoms with van der Waals surface area (Å²) in [6.07, 6.45) is 9.32. The molecule has 0 unspecified atom stereocenters. The summed E-state index contributed by atoms with van der Waals surface area (Å²) >= 11 is 0. The van der Waals surface area contributed by atoms with Crippen LogP contribution in [0, 0.1) is 5.41 Å². The average Bonchev–Trinajstić information content (AvgIpc) is 3.11. The quantitative estimate of drug-likeness (QED) is 0.0816. The highest BCUT2D eigenvalue weighted by Crippen LogP contribution is 2.47. The fraction of sp³-hybridized carbons (Fsp3) is 0.786. The highest BCUT2D eigenvalue weighted by atomic mass is 16.7. The molecule has 3 fully saturated rings. The van der Waals surface area contributed by atoms with Crippen LogP contribution in [0.3, 0.4) is 0 Å². The highest BCUT2D eigenvalue weighted by Gasteiger charge is 2.57. The van der Waals surface area contributed by atoms with Crippen molar-refractivity contribution < 1.29 is 58.1 Å². The Labute approximate surface area is 321 Å². The molecule has 4 heterocycles. The molecular weight excluding hydrogens is 696 g/mol. The fourth-order valence-corrected chi connectivity index (χ4v) is 8.12. The molecule has 12 nitrogen and oxygen atoms in total. The largest absolute Gasteiger partial charge is 0.466 e. The SMILES string of the molecule is CCCCCCCC(=O)O[C@H]1/C(=C/C(=O)OC)C[C@H]2C[C@H](CO)OC(=O)C[C@H](O)C[C@@H]3CCC[C@H](C[C@@H]4CC(=C(C)C)C[C@H](/C=C/C(C)(C)[C@]1(O)O2)O4)O3. The summed E-state index contributed by atoms with van der Waals surface area (Å²) in [4.78, 5) is 39.2. The number of carbonyl (C=O) groups excluding carboxylic acids is 3. The minimum absolute atomic E-state index is 0.0137. The van der Waals surface area contributed by atoms with E-state index in [9.17, 15) is 29.7 Å². The van der Waals surface area contributed by atoms with Crippen LogP contribution in [-0.2, 0) is 42.8 Å². The Hall–Kier alpha value is -2.61. The maximum Gasteiger partial charge on any atom is 0.330 e. The van der Waals surface area contributed by atoms with E-state index in [4.69, 9.17) is 28.4 Å². The number of cyclic esters (lactones) is 1. The molecule has 0 saturated carbocycles. The Bertz CT molecular complexity index is 1350. The van der Waals surface area contributed by atoms with Crippen molar-refractivity contribution in [3.63, 3.8) is 0 Å². The topological polar surface area (TPSA) is 167 Å². The molecular formula is C42H66O12. The second kappa shape index (κ2) is 20.5. The van der Waals surface area contributed by atoms with E-state index in [1.165, 1.54) is 24.3 Å². The molecule has 3 saturated heterocycles. The number of hydrogen-bond donors (Lipinski definition) is 3. The van der Waals surface area contributed by atoms with Gasteiger partial charge in [-0.3, -0.25) is 9.59 Å². The molecule has 12 heteroatoms. The first-order chi connectivity index (χ1) is 25.7. The predicted molar refractivity (Wildman–Crippen MR) is 201 cm³/mol. The summed E-state index contributed by atoms with van der Waals surface area (Å²) in [7, 11) is 1.23. The molecule has 0 spiro atoms. The number of allylic oxidation sites excluding steroid dienone is 1. The van der Waals surface area contributed by atoms with Crippen LogP contribution in [0.15, 0.2) is 34.9 Å². The average molecular weight is 763 g/mol. The maximum atomic E-state index is 13.4. The molecule has 4 aliphatic heterocycles.